The number of aromatic amines is 1. The third-order valence-corrected chi connectivity index (χ3v) is 2.31. The topological polar surface area (TPSA) is 97.4 Å². The SMILES string of the molecule is CCNc1nnc(-c2cn[nH]c2N)n1CC. The van der Waals surface area contributed by atoms with Crippen molar-refractivity contribution in [2.24, 2.45) is 0 Å². The van der Waals surface area contributed by atoms with Crippen LogP contribution >= 0.6 is 0 Å². The molecule has 2 aromatic rings. The van der Waals surface area contributed by atoms with Gasteiger partial charge >= 0.3 is 0 Å². The van der Waals surface area contributed by atoms with E-state index >= 15 is 0 Å². The average molecular weight is 221 g/mol. The average Bonchev–Trinajstić information content (AvgIpc) is 2.84. The lowest BCUT2D eigenvalue weighted by molar-refractivity contribution is 0.770. The molecule has 0 saturated carbocycles. The van der Waals surface area contributed by atoms with Crippen LogP contribution in [0.25, 0.3) is 11.4 Å². The molecular formula is C9H15N7. The maximum absolute atomic E-state index is 5.76. The van der Waals surface area contributed by atoms with Gasteiger partial charge in [-0.3, -0.25) is 9.67 Å². The van der Waals surface area contributed by atoms with Crippen LogP contribution in [0.3, 0.4) is 0 Å². The molecule has 2 aromatic heterocycles. The van der Waals surface area contributed by atoms with Crippen molar-refractivity contribution in [2.75, 3.05) is 17.6 Å². The highest BCUT2D eigenvalue weighted by molar-refractivity contribution is 5.68. The van der Waals surface area contributed by atoms with Crippen LogP contribution in [0.5, 0.6) is 0 Å². The summed E-state index contributed by atoms with van der Waals surface area (Å²) in [7, 11) is 0. The van der Waals surface area contributed by atoms with Crippen molar-refractivity contribution >= 4 is 11.8 Å². The molecule has 0 aliphatic heterocycles. The number of nitrogens with zero attached hydrogens (tertiary/aromatic N) is 4. The zero-order valence-electron chi connectivity index (χ0n) is 9.36. The first-order chi connectivity index (χ1) is 7.77. The molecule has 2 heterocycles. The Bertz CT molecular complexity index is 470. The minimum absolute atomic E-state index is 0.505. The molecule has 0 unspecified atom stereocenters. The molecule has 0 spiro atoms. The lowest BCUT2D eigenvalue weighted by atomic mass is 10.3. The van der Waals surface area contributed by atoms with Gasteiger partial charge in [-0.25, -0.2) is 0 Å². The van der Waals surface area contributed by atoms with Crippen LogP contribution in [0.1, 0.15) is 13.8 Å². The first-order valence-electron chi connectivity index (χ1n) is 5.24. The summed E-state index contributed by atoms with van der Waals surface area (Å²) < 4.78 is 1.96. The summed E-state index contributed by atoms with van der Waals surface area (Å²) in [6.07, 6.45) is 1.65. The number of nitrogens with two attached hydrogens (primary N) is 1. The van der Waals surface area contributed by atoms with Crippen molar-refractivity contribution in [3.63, 3.8) is 0 Å². The van der Waals surface area contributed by atoms with E-state index in [4.69, 9.17) is 5.73 Å². The first kappa shape index (κ1) is 10.5. The molecular weight excluding hydrogens is 206 g/mol. The lowest BCUT2D eigenvalue weighted by Gasteiger charge is -2.06. The van der Waals surface area contributed by atoms with E-state index in [1.165, 1.54) is 0 Å². The van der Waals surface area contributed by atoms with Gasteiger partial charge in [0.15, 0.2) is 5.82 Å². The third kappa shape index (κ3) is 1.60. The van der Waals surface area contributed by atoms with Gasteiger partial charge in [-0.1, -0.05) is 0 Å². The minimum Gasteiger partial charge on any atom is -0.383 e. The fourth-order valence-corrected chi connectivity index (χ4v) is 1.57. The molecule has 2 rings (SSSR count). The Hall–Kier alpha value is -2.05. The number of H-pyrrole nitrogens is 1. The van der Waals surface area contributed by atoms with Crippen LogP contribution in [-0.2, 0) is 6.54 Å². The Kier molecular flexibility index (Phi) is 2.76. The van der Waals surface area contributed by atoms with E-state index in [0.717, 1.165) is 30.4 Å². The second-order valence-corrected chi connectivity index (χ2v) is 3.32. The van der Waals surface area contributed by atoms with Gasteiger partial charge in [-0.15, -0.1) is 10.2 Å². The maximum Gasteiger partial charge on any atom is 0.224 e. The summed E-state index contributed by atoms with van der Waals surface area (Å²) in [6.45, 7) is 5.62. The molecule has 0 bridgehead atoms. The predicted molar refractivity (Wildman–Crippen MR) is 61.9 cm³/mol. The van der Waals surface area contributed by atoms with E-state index in [9.17, 15) is 0 Å². The lowest BCUT2D eigenvalue weighted by Crippen LogP contribution is -2.07. The Morgan fingerprint density at radius 3 is 2.81 bits per heavy atom. The second-order valence-electron chi connectivity index (χ2n) is 3.32. The van der Waals surface area contributed by atoms with Crippen molar-refractivity contribution in [3.05, 3.63) is 6.20 Å². The van der Waals surface area contributed by atoms with Gasteiger partial charge in [0.2, 0.25) is 5.95 Å². The van der Waals surface area contributed by atoms with Gasteiger partial charge in [0, 0.05) is 13.1 Å². The van der Waals surface area contributed by atoms with Crippen LogP contribution in [0.15, 0.2) is 6.20 Å². The Labute approximate surface area is 93.1 Å². The van der Waals surface area contributed by atoms with E-state index in [1.807, 2.05) is 18.4 Å². The van der Waals surface area contributed by atoms with Crippen LogP contribution in [0, 0.1) is 0 Å². The maximum atomic E-state index is 5.76. The summed E-state index contributed by atoms with van der Waals surface area (Å²) in [4.78, 5) is 0. The van der Waals surface area contributed by atoms with Crippen LogP contribution in [-0.4, -0.2) is 31.5 Å². The molecule has 7 heteroatoms. The number of hydrogen-bond acceptors (Lipinski definition) is 5. The van der Waals surface area contributed by atoms with Gasteiger partial charge in [-0.2, -0.15) is 5.10 Å². The highest BCUT2D eigenvalue weighted by Gasteiger charge is 2.15. The van der Waals surface area contributed by atoms with Gasteiger partial charge < -0.3 is 11.1 Å². The summed E-state index contributed by atoms with van der Waals surface area (Å²) in [5.41, 5.74) is 6.54. The fraction of sp³-hybridized carbons (Fsp3) is 0.444. The Morgan fingerprint density at radius 2 is 2.25 bits per heavy atom. The largest absolute Gasteiger partial charge is 0.383 e. The molecule has 4 N–H and O–H groups in total. The van der Waals surface area contributed by atoms with E-state index in [1.54, 1.807) is 6.20 Å². The zero-order valence-corrected chi connectivity index (χ0v) is 9.36. The highest BCUT2D eigenvalue weighted by atomic mass is 15.4. The number of nitrogens with one attached hydrogen (secondary N) is 2. The van der Waals surface area contributed by atoms with Gasteiger partial charge in [-0.05, 0) is 13.8 Å². The first-order valence-corrected chi connectivity index (χ1v) is 5.24. The van der Waals surface area contributed by atoms with E-state index in [2.05, 4.69) is 25.7 Å². The number of nitrogen functional groups attached to an aromatic ring is 1. The predicted octanol–water partition coefficient (Wildman–Crippen LogP) is 0.702. The monoisotopic (exact) mass is 221 g/mol. The van der Waals surface area contributed by atoms with Crippen molar-refractivity contribution in [3.8, 4) is 11.4 Å². The smallest absolute Gasteiger partial charge is 0.224 e. The number of anilines is 2. The molecule has 86 valence electrons. The molecule has 0 aromatic carbocycles. The van der Waals surface area contributed by atoms with Crippen molar-refractivity contribution < 1.29 is 0 Å². The van der Waals surface area contributed by atoms with Gasteiger partial charge in [0.1, 0.15) is 5.82 Å². The number of hydrogen-bond donors (Lipinski definition) is 3. The van der Waals surface area contributed by atoms with Crippen molar-refractivity contribution in [1.82, 2.24) is 25.0 Å². The molecule has 16 heavy (non-hydrogen) atoms. The van der Waals surface area contributed by atoms with Crippen LogP contribution in [0.2, 0.25) is 0 Å². The second kappa shape index (κ2) is 4.21. The Balaban J connectivity index is 2.46. The highest BCUT2D eigenvalue weighted by Crippen LogP contribution is 2.23. The van der Waals surface area contributed by atoms with Crippen LogP contribution in [0.4, 0.5) is 11.8 Å². The summed E-state index contributed by atoms with van der Waals surface area (Å²) in [6, 6.07) is 0. The molecule has 0 amide bonds. The van der Waals surface area contributed by atoms with E-state index in [0.29, 0.717) is 5.82 Å². The number of aromatic nitrogens is 5. The zero-order chi connectivity index (χ0) is 11.5. The normalized spacial score (nSPS) is 10.6. The van der Waals surface area contributed by atoms with Crippen molar-refractivity contribution in [2.45, 2.75) is 20.4 Å². The number of rotatable bonds is 4. The Morgan fingerprint density at radius 1 is 1.44 bits per heavy atom. The fourth-order valence-electron chi connectivity index (χ4n) is 1.57. The molecule has 0 atom stereocenters. The molecule has 0 aliphatic carbocycles. The molecule has 7 nitrogen and oxygen atoms in total. The van der Waals surface area contributed by atoms with Gasteiger partial charge in [0.25, 0.3) is 0 Å². The minimum atomic E-state index is 0.505. The summed E-state index contributed by atoms with van der Waals surface area (Å²) in [5.74, 6) is 1.98. The summed E-state index contributed by atoms with van der Waals surface area (Å²) >= 11 is 0. The van der Waals surface area contributed by atoms with E-state index in [-0.39, 0.29) is 0 Å². The summed E-state index contributed by atoms with van der Waals surface area (Å²) in [5, 5.41) is 17.9. The molecule has 0 aliphatic rings. The van der Waals surface area contributed by atoms with Crippen molar-refractivity contribution in [1.29, 1.82) is 0 Å². The molecule has 0 saturated heterocycles. The standard InChI is InChI=1S/C9H15N7/c1-3-11-9-15-14-8(16(9)4-2)6-5-12-13-7(6)10/h5H,3-4H2,1-2H3,(H,11,15)(H3,10,12,13). The quantitative estimate of drug-likeness (QED) is 0.706. The van der Waals surface area contributed by atoms with Crippen LogP contribution < -0.4 is 11.1 Å². The third-order valence-electron chi connectivity index (χ3n) is 2.31. The molecule has 0 fully saturated rings. The molecule has 0 radical (unpaired) electrons. The van der Waals surface area contributed by atoms with E-state index < -0.39 is 0 Å². The van der Waals surface area contributed by atoms with Gasteiger partial charge in [0.05, 0.1) is 11.8 Å².